The number of hydrogen-bond acceptors (Lipinski definition) is 6. The average molecular weight is 436 g/mol. The van der Waals surface area contributed by atoms with Gasteiger partial charge in [-0.15, -0.1) is 0 Å². The number of thioether (sulfide) groups is 1. The Hall–Kier alpha value is -3.03. The Balaban J connectivity index is 1.39. The van der Waals surface area contributed by atoms with Gasteiger partial charge in [0.15, 0.2) is 0 Å². The fourth-order valence-electron chi connectivity index (χ4n) is 3.63. The van der Waals surface area contributed by atoms with Gasteiger partial charge in [0.1, 0.15) is 12.4 Å². The van der Waals surface area contributed by atoms with Gasteiger partial charge in [-0.3, -0.25) is 19.4 Å². The van der Waals surface area contributed by atoms with E-state index in [2.05, 4.69) is 28.5 Å². The first-order valence-corrected chi connectivity index (χ1v) is 11.1. The Morgan fingerprint density at radius 3 is 2.42 bits per heavy atom. The Morgan fingerprint density at radius 2 is 1.68 bits per heavy atom. The van der Waals surface area contributed by atoms with Crippen LogP contribution in [-0.2, 0) is 4.79 Å². The molecule has 2 aliphatic heterocycles. The molecule has 0 radical (unpaired) electrons. The molecule has 2 fully saturated rings. The number of para-hydroxylation sites is 2. The highest BCUT2D eigenvalue weighted by Gasteiger charge is 2.36. The molecule has 0 bridgehead atoms. The summed E-state index contributed by atoms with van der Waals surface area (Å²) in [5, 5.41) is -0.230. The maximum Gasteiger partial charge on any atom is 0.294 e. The van der Waals surface area contributed by atoms with Crippen molar-refractivity contribution in [2.45, 2.75) is 0 Å². The first kappa shape index (κ1) is 21.2. The average Bonchev–Trinajstić information content (AvgIpc) is 3.07. The van der Waals surface area contributed by atoms with Crippen molar-refractivity contribution in [2.75, 3.05) is 44.4 Å². The van der Waals surface area contributed by atoms with E-state index < -0.39 is 0 Å². The summed E-state index contributed by atoms with van der Waals surface area (Å²) in [5.41, 5.74) is 1.97. The Labute approximate surface area is 186 Å². The van der Waals surface area contributed by atoms with Crippen molar-refractivity contribution in [3.05, 3.63) is 77.7 Å². The highest BCUT2D eigenvalue weighted by molar-refractivity contribution is 8.18. The Morgan fingerprint density at radius 1 is 0.968 bits per heavy atom. The van der Waals surface area contributed by atoms with Crippen LogP contribution in [0.5, 0.6) is 5.75 Å². The van der Waals surface area contributed by atoms with Crippen LogP contribution < -0.4 is 9.64 Å². The van der Waals surface area contributed by atoms with Gasteiger partial charge in [-0.1, -0.05) is 49.1 Å². The highest BCUT2D eigenvalue weighted by atomic mass is 32.2. The lowest BCUT2D eigenvalue weighted by molar-refractivity contribution is -0.124. The van der Waals surface area contributed by atoms with E-state index >= 15 is 0 Å². The van der Waals surface area contributed by atoms with E-state index in [0.29, 0.717) is 23.9 Å². The van der Waals surface area contributed by atoms with Gasteiger partial charge < -0.3 is 9.64 Å². The number of carbonyl (C=O) groups is 2. The lowest BCUT2D eigenvalue weighted by Crippen LogP contribution is -2.50. The second kappa shape index (κ2) is 9.85. The predicted octanol–water partition coefficient (Wildman–Crippen LogP) is 4.07. The normalized spacial score (nSPS) is 18.6. The van der Waals surface area contributed by atoms with Crippen LogP contribution in [0, 0.1) is 0 Å². The van der Waals surface area contributed by atoms with Crippen molar-refractivity contribution in [3.8, 4) is 5.75 Å². The minimum atomic E-state index is -0.251. The number of nitrogens with zero attached hydrogens (tertiary/aromatic N) is 3. The van der Waals surface area contributed by atoms with Crippen molar-refractivity contribution in [2.24, 2.45) is 0 Å². The van der Waals surface area contributed by atoms with Crippen LogP contribution in [0.15, 0.2) is 72.2 Å². The summed E-state index contributed by atoms with van der Waals surface area (Å²) >= 11 is 0.981. The first-order chi connectivity index (χ1) is 15.2. The molecule has 0 N–H and O–H groups in total. The summed E-state index contributed by atoms with van der Waals surface area (Å²) in [7, 11) is 0. The molecule has 6 nitrogen and oxygen atoms in total. The van der Waals surface area contributed by atoms with Crippen LogP contribution in [0.2, 0.25) is 0 Å². The first-order valence-electron chi connectivity index (χ1n) is 10.3. The van der Waals surface area contributed by atoms with Crippen LogP contribution in [0.1, 0.15) is 5.56 Å². The monoisotopic (exact) mass is 435 g/mol. The maximum absolute atomic E-state index is 12.9. The number of benzene rings is 2. The van der Waals surface area contributed by atoms with E-state index in [0.717, 1.165) is 43.5 Å². The molecule has 0 unspecified atom stereocenters. The SMILES string of the molecule is C=CCOc1ccccc1/C=C1/SC(=O)N(CN2CCN(c3ccccc3)CC2)C1=O. The number of amides is 2. The van der Waals surface area contributed by atoms with E-state index in [1.54, 1.807) is 12.2 Å². The smallest absolute Gasteiger partial charge is 0.294 e. The third-order valence-corrected chi connectivity index (χ3v) is 6.18. The molecule has 7 heteroatoms. The second-order valence-electron chi connectivity index (χ2n) is 7.33. The van der Waals surface area contributed by atoms with E-state index in [1.165, 1.54) is 10.6 Å². The molecule has 4 rings (SSSR count). The third kappa shape index (κ3) is 5.00. The molecule has 31 heavy (non-hydrogen) atoms. The van der Waals surface area contributed by atoms with Gasteiger partial charge >= 0.3 is 0 Å². The van der Waals surface area contributed by atoms with Crippen molar-refractivity contribution < 1.29 is 14.3 Å². The van der Waals surface area contributed by atoms with E-state index in [1.807, 2.05) is 42.5 Å². The van der Waals surface area contributed by atoms with Crippen molar-refractivity contribution in [3.63, 3.8) is 0 Å². The minimum Gasteiger partial charge on any atom is -0.489 e. The number of rotatable bonds is 7. The summed E-state index contributed by atoms with van der Waals surface area (Å²) in [6, 6.07) is 17.8. The molecule has 0 atom stereocenters. The van der Waals surface area contributed by atoms with Crippen LogP contribution in [0.4, 0.5) is 10.5 Å². The van der Waals surface area contributed by atoms with Crippen LogP contribution in [-0.4, -0.2) is 60.4 Å². The molecule has 160 valence electrons. The topological polar surface area (TPSA) is 53.1 Å². The van der Waals surface area contributed by atoms with Gasteiger partial charge in [0, 0.05) is 37.4 Å². The van der Waals surface area contributed by atoms with Crippen molar-refractivity contribution in [1.82, 2.24) is 9.80 Å². The van der Waals surface area contributed by atoms with Crippen molar-refractivity contribution in [1.29, 1.82) is 0 Å². The zero-order valence-electron chi connectivity index (χ0n) is 17.3. The number of imide groups is 1. The molecular formula is C24H25N3O3S. The molecule has 2 aromatic carbocycles. The minimum absolute atomic E-state index is 0.230. The summed E-state index contributed by atoms with van der Waals surface area (Å²) in [5.74, 6) is 0.408. The number of carbonyl (C=O) groups excluding carboxylic acids is 2. The quantitative estimate of drug-likeness (QED) is 0.483. The number of ether oxygens (including phenoxy) is 1. The summed E-state index contributed by atoms with van der Waals surface area (Å²) in [4.78, 5) is 31.7. The van der Waals surface area contributed by atoms with Crippen LogP contribution in [0.3, 0.4) is 0 Å². The second-order valence-corrected chi connectivity index (χ2v) is 8.32. The molecule has 2 aliphatic rings. The van der Waals surface area contributed by atoms with E-state index in [4.69, 9.17) is 4.74 Å². The fourth-order valence-corrected chi connectivity index (χ4v) is 4.45. The molecule has 0 spiro atoms. The van der Waals surface area contributed by atoms with Gasteiger partial charge in [0.25, 0.3) is 11.1 Å². The van der Waals surface area contributed by atoms with Gasteiger partial charge in [0.05, 0.1) is 11.6 Å². The lowest BCUT2D eigenvalue weighted by atomic mass is 10.2. The molecule has 2 heterocycles. The molecule has 0 aromatic heterocycles. The maximum atomic E-state index is 12.9. The summed E-state index contributed by atoms with van der Waals surface area (Å²) in [6.07, 6.45) is 3.40. The van der Waals surface area contributed by atoms with Gasteiger partial charge in [0.2, 0.25) is 0 Å². The van der Waals surface area contributed by atoms with Gasteiger partial charge in [-0.05, 0) is 36.0 Å². The van der Waals surface area contributed by atoms with Crippen LogP contribution in [0.25, 0.3) is 6.08 Å². The lowest BCUT2D eigenvalue weighted by Gasteiger charge is -2.37. The number of hydrogen-bond donors (Lipinski definition) is 0. The molecular weight excluding hydrogens is 410 g/mol. The summed E-state index contributed by atoms with van der Waals surface area (Å²) < 4.78 is 5.66. The highest BCUT2D eigenvalue weighted by Crippen LogP contribution is 2.34. The standard InChI is InChI=1S/C24H25N3O3S/c1-2-16-30-21-11-7-6-8-19(21)17-22-23(28)27(24(29)31-22)18-25-12-14-26(15-13-25)20-9-4-3-5-10-20/h2-11,17H,1,12-16,18H2/b22-17+. The zero-order valence-corrected chi connectivity index (χ0v) is 18.1. The molecule has 2 saturated heterocycles. The van der Waals surface area contributed by atoms with Crippen LogP contribution >= 0.6 is 11.8 Å². The largest absolute Gasteiger partial charge is 0.489 e. The third-order valence-electron chi connectivity index (χ3n) is 5.27. The van der Waals surface area contributed by atoms with Crippen molar-refractivity contribution >= 4 is 34.7 Å². The Bertz CT molecular complexity index is 985. The van der Waals surface area contributed by atoms with E-state index in [-0.39, 0.29) is 11.1 Å². The number of piperazine rings is 1. The molecule has 0 saturated carbocycles. The number of anilines is 1. The zero-order chi connectivity index (χ0) is 21.6. The van der Waals surface area contributed by atoms with Gasteiger partial charge in [-0.25, -0.2) is 0 Å². The molecule has 2 amide bonds. The fraction of sp³-hybridized carbons (Fsp3) is 0.250. The molecule has 2 aromatic rings. The predicted molar refractivity (Wildman–Crippen MR) is 125 cm³/mol. The molecule has 0 aliphatic carbocycles. The summed E-state index contributed by atoms with van der Waals surface area (Å²) in [6.45, 7) is 7.68. The van der Waals surface area contributed by atoms with E-state index in [9.17, 15) is 9.59 Å². The van der Waals surface area contributed by atoms with Gasteiger partial charge in [-0.2, -0.15) is 0 Å². The Kier molecular flexibility index (Phi) is 6.74.